The van der Waals surface area contributed by atoms with Crippen molar-refractivity contribution in [2.24, 2.45) is 0 Å². The number of alkyl halides is 1. The summed E-state index contributed by atoms with van der Waals surface area (Å²) in [4.78, 5) is 10.4. The first kappa shape index (κ1) is 19.9. The van der Waals surface area contributed by atoms with Crippen LogP contribution in [0.3, 0.4) is 0 Å². The summed E-state index contributed by atoms with van der Waals surface area (Å²) in [5.41, 5.74) is 0.935. The van der Waals surface area contributed by atoms with Crippen molar-refractivity contribution in [3.8, 4) is 5.75 Å². The number of nitrogens with zero attached hydrogens (tertiary/aromatic N) is 1. The molecule has 0 fully saturated rings. The Kier molecular flexibility index (Phi) is 10.7. The predicted octanol–water partition coefficient (Wildman–Crippen LogP) is 6.40. The molecule has 1 aromatic rings. The lowest BCUT2D eigenvalue weighted by atomic mass is 10.1. The first-order valence-corrected chi connectivity index (χ1v) is 9.77. The predicted molar refractivity (Wildman–Crippen MR) is 98.4 cm³/mol. The minimum absolute atomic E-state index is 0.106. The molecule has 0 aliphatic rings. The van der Waals surface area contributed by atoms with E-state index in [1.165, 1.54) is 57.4 Å². The van der Waals surface area contributed by atoms with Crippen LogP contribution in [0.1, 0.15) is 70.3 Å². The van der Waals surface area contributed by atoms with Crippen LogP contribution in [-0.2, 0) is 5.33 Å². The number of unbranched alkanes of at least 4 members (excludes halogenated alkanes) is 8. The van der Waals surface area contributed by atoms with E-state index in [1.807, 2.05) is 0 Å². The summed E-state index contributed by atoms with van der Waals surface area (Å²) in [6, 6.07) is 4.76. The molecule has 0 aliphatic heterocycles. The van der Waals surface area contributed by atoms with Crippen LogP contribution in [0, 0.1) is 10.1 Å². The van der Waals surface area contributed by atoms with Gasteiger partial charge in [-0.1, -0.05) is 74.2 Å². The van der Waals surface area contributed by atoms with Crippen molar-refractivity contribution in [1.29, 1.82) is 0 Å². The maximum absolute atomic E-state index is 10.8. The number of rotatable bonds is 13. The van der Waals surface area contributed by atoms with Gasteiger partial charge in [0.25, 0.3) is 5.69 Å². The van der Waals surface area contributed by atoms with Gasteiger partial charge in [-0.25, -0.2) is 0 Å². The van der Waals surface area contributed by atoms with Crippen molar-refractivity contribution in [2.75, 3.05) is 6.61 Å². The molecule has 0 radical (unpaired) electrons. The fourth-order valence-corrected chi connectivity index (χ4v) is 2.96. The minimum Gasteiger partial charge on any atom is -0.493 e. The fourth-order valence-electron chi connectivity index (χ4n) is 2.52. The molecule has 4 nitrogen and oxygen atoms in total. The Hall–Kier alpha value is -1.10. The first-order valence-electron chi connectivity index (χ1n) is 8.65. The standard InChI is InChI=1S/C18H28BrNO3/c1-2-3-4-5-6-7-8-9-10-13-23-18-12-11-17(20(21)22)14-16(18)15-19/h11-12,14H,2-10,13,15H2,1H3. The zero-order valence-corrected chi connectivity index (χ0v) is 15.6. The number of hydrogen-bond acceptors (Lipinski definition) is 3. The number of ether oxygens (including phenoxy) is 1. The Balaban J connectivity index is 2.17. The summed E-state index contributed by atoms with van der Waals surface area (Å²) in [6.45, 7) is 2.92. The van der Waals surface area contributed by atoms with Crippen LogP contribution in [0.2, 0.25) is 0 Å². The Morgan fingerprint density at radius 2 is 1.65 bits per heavy atom. The molecule has 0 saturated heterocycles. The van der Waals surface area contributed by atoms with Crippen molar-refractivity contribution in [3.63, 3.8) is 0 Å². The summed E-state index contributed by atoms with van der Waals surface area (Å²) in [7, 11) is 0. The Labute approximate surface area is 147 Å². The van der Waals surface area contributed by atoms with Gasteiger partial charge in [-0.2, -0.15) is 0 Å². The molecular weight excluding hydrogens is 358 g/mol. The van der Waals surface area contributed by atoms with Crippen LogP contribution < -0.4 is 4.74 Å². The topological polar surface area (TPSA) is 52.4 Å². The lowest BCUT2D eigenvalue weighted by molar-refractivity contribution is -0.384. The summed E-state index contributed by atoms with van der Waals surface area (Å²) < 4.78 is 5.77. The summed E-state index contributed by atoms with van der Waals surface area (Å²) >= 11 is 3.36. The normalized spacial score (nSPS) is 10.7. The quantitative estimate of drug-likeness (QED) is 0.171. The van der Waals surface area contributed by atoms with Gasteiger partial charge >= 0.3 is 0 Å². The van der Waals surface area contributed by atoms with Gasteiger partial charge in [-0.15, -0.1) is 0 Å². The second-order valence-electron chi connectivity index (χ2n) is 5.86. The minimum atomic E-state index is -0.379. The van der Waals surface area contributed by atoms with E-state index in [2.05, 4.69) is 22.9 Å². The van der Waals surface area contributed by atoms with Crippen LogP contribution >= 0.6 is 15.9 Å². The molecule has 0 N–H and O–H groups in total. The highest BCUT2D eigenvalue weighted by molar-refractivity contribution is 9.08. The molecule has 0 aromatic heterocycles. The molecule has 0 bridgehead atoms. The van der Waals surface area contributed by atoms with Gasteiger partial charge in [0.1, 0.15) is 5.75 Å². The van der Waals surface area contributed by atoms with E-state index in [0.29, 0.717) is 11.9 Å². The fraction of sp³-hybridized carbons (Fsp3) is 0.667. The molecule has 0 amide bonds. The molecule has 0 saturated carbocycles. The second-order valence-corrected chi connectivity index (χ2v) is 6.42. The maximum atomic E-state index is 10.8. The highest BCUT2D eigenvalue weighted by atomic mass is 79.9. The SMILES string of the molecule is CCCCCCCCCCCOc1ccc([N+](=O)[O-])cc1CBr. The van der Waals surface area contributed by atoms with E-state index in [0.717, 1.165) is 17.7 Å². The number of hydrogen-bond donors (Lipinski definition) is 0. The van der Waals surface area contributed by atoms with Gasteiger partial charge in [0.15, 0.2) is 0 Å². The Morgan fingerprint density at radius 3 is 2.22 bits per heavy atom. The highest BCUT2D eigenvalue weighted by Crippen LogP contribution is 2.26. The lowest BCUT2D eigenvalue weighted by Crippen LogP contribution is -2.00. The zero-order chi connectivity index (χ0) is 16.9. The van der Waals surface area contributed by atoms with Gasteiger partial charge in [0, 0.05) is 23.0 Å². The number of nitro benzene ring substituents is 1. The molecule has 0 atom stereocenters. The van der Waals surface area contributed by atoms with Gasteiger partial charge in [0.05, 0.1) is 11.5 Å². The molecule has 1 rings (SSSR count). The van der Waals surface area contributed by atoms with Crippen molar-refractivity contribution in [3.05, 3.63) is 33.9 Å². The van der Waals surface area contributed by atoms with Crippen molar-refractivity contribution >= 4 is 21.6 Å². The number of nitro groups is 1. The van der Waals surface area contributed by atoms with Gasteiger partial charge in [-0.3, -0.25) is 10.1 Å². The average molecular weight is 386 g/mol. The number of non-ortho nitro benzene ring substituents is 1. The largest absolute Gasteiger partial charge is 0.493 e. The second kappa shape index (κ2) is 12.3. The Bertz CT molecular complexity index is 466. The van der Waals surface area contributed by atoms with E-state index >= 15 is 0 Å². The average Bonchev–Trinajstić information content (AvgIpc) is 2.56. The third-order valence-corrected chi connectivity index (χ3v) is 4.51. The zero-order valence-electron chi connectivity index (χ0n) is 14.1. The third kappa shape index (κ3) is 8.35. The first-order chi connectivity index (χ1) is 11.2. The molecule has 0 spiro atoms. The monoisotopic (exact) mass is 385 g/mol. The molecular formula is C18H28BrNO3. The molecule has 0 heterocycles. The maximum Gasteiger partial charge on any atom is 0.270 e. The molecule has 130 valence electrons. The lowest BCUT2D eigenvalue weighted by Gasteiger charge is -2.10. The van der Waals surface area contributed by atoms with Crippen LogP contribution in [0.25, 0.3) is 0 Å². The van der Waals surface area contributed by atoms with Crippen LogP contribution in [0.5, 0.6) is 5.75 Å². The third-order valence-electron chi connectivity index (χ3n) is 3.90. The summed E-state index contributed by atoms with van der Waals surface area (Å²) in [6.07, 6.45) is 11.5. The van der Waals surface area contributed by atoms with Crippen LogP contribution in [-0.4, -0.2) is 11.5 Å². The van der Waals surface area contributed by atoms with Crippen molar-refractivity contribution in [1.82, 2.24) is 0 Å². The van der Waals surface area contributed by atoms with Crippen LogP contribution in [0.15, 0.2) is 18.2 Å². The molecule has 0 unspecified atom stereocenters. The van der Waals surface area contributed by atoms with E-state index < -0.39 is 0 Å². The molecule has 5 heteroatoms. The van der Waals surface area contributed by atoms with Gasteiger partial charge < -0.3 is 4.74 Å². The number of halogens is 1. The number of benzene rings is 1. The van der Waals surface area contributed by atoms with E-state index in [1.54, 1.807) is 12.1 Å². The van der Waals surface area contributed by atoms with Gasteiger partial charge in [0.2, 0.25) is 0 Å². The molecule has 1 aromatic carbocycles. The van der Waals surface area contributed by atoms with Crippen molar-refractivity contribution in [2.45, 2.75) is 70.0 Å². The van der Waals surface area contributed by atoms with E-state index in [-0.39, 0.29) is 10.6 Å². The van der Waals surface area contributed by atoms with E-state index in [4.69, 9.17) is 4.74 Å². The van der Waals surface area contributed by atoms with Gasteiger partial charge in [-0.05, 0) is 12.5 Å². The molecule has 0 aliphatic carbocycles. The molecule has 23 heavy (non-hydrogen) atoms. The Morgan fingerprint density at radius 1 is 1.04 bits per heavy atom. The summed E-state index contributed by atoms with van der Waals surface area (Å²) in [5, 5.41) is 11.3. The van der Waals surface area contributed by atoms with Crippen LogP contribution in [0.4, 0.5) is 5.69 Å². The van der Waals surface area contributed by atoms with Crippen molar-refractivity contribution < 1.29 is 9.66 Å². The smallest absolute Gasteiger partial charge is 0.270 e. The highest BCUT2D eigenvalue weighted by Gasteiger charge is 2.10. The summed E-state index contributed by atoms with van der Waals surface area (Å²) in [5.74, 6) is 0.743. The van der Waals surface area contributed by atoms with E-state index in [9.17, 15) is 10.1 Å².